The van der Waals surface area contributed by atoms with Crippen LogP contribution in [0.25, 0.3) is 0 Å². The van der Waals surface area contributed by atoms with Gasteiger partial charge in [0.2, 0.25) is 10.0 Å². The summed E-state index contributed by atoms with van der Waals surface area (Å²) in [5, 5.41) is 0. The lowest BCUT2D eigenvalue weighted by molar-refractivity contribution is 0.251. The minimum absolute atomic E-state index is 0. The van der Waals surface area contributed by atoms with Crippen LogP contribution in [0.1, 0.15) is 23.1 Å². The summed E-state index contributed by atoms with van der Waals surface area (Å²) < 4.78 is 27.3. The fourth-order valence-corrected chi connectivity index (χ4v) is 4.30. The van der Waals surface area contributed by atoms with Gasteiger partial charge in [0.05, 0.1) is 4.90 Å². The predicted octanol–water partition coefficient (Wildman–Crippen LogP) is 3.14. The molecule has 4 nitrogen and oxygen atoms in total. The second-order valence-electron chi connectivity index (χ2n) is 6.36. The molecule has 0 atom stereocenters. The fraction of sp³-hybridized carbons (Fsp3) is 0.368. The molecule has 0 aliphatic carbocycles. The monoisotopic (exact) mass is 380 g/mol. The van der Waals surface area contributed by atoms with E-state index in [0.29, 0.717) is 11.4 Å². The molecule has 1 aliphatic heterocycles. The molecule has 0 bridgehead atoms. The SMILES string of the molecule is Cc1cccc(S(=O)(=O)NCCCN2CCc3ccccc3C2)c1.Cl. The molecular weight excluding hydrogens is 356 g/mol. The van der Waals surface area contributed by atoms with Crippen LogP contribution in [0, 0.1) is 6.92 Å². The Morgan fingerprint density at radius 1 is 1.08 bits per heavy atom. The molecule has 2 aromatic carbocycles. The molecule has 0 spiro atoms. The van der Waals surface area contributed by atoms with E-state index in [1.807, 2.05) is 13.0 Å². The van der Waals surface area contributed by atoms with E-state index in [4.69, 9.17) is 0 Å². The summed E-state index contributed by atoms with van der Waals surface area (Å²) >= 11 is 0. The maximum atomic E-state index is 12.3. The van der Waals surface area contributed by atoms with Crippen molar-refractivity contribution >= 4 is 22.4 Å². The van der Waals surface area contributed by atoms with E-state index in [2.05, 4.69) is 33.9 Å². The highest BCUT2D eigenvalue weighted by Crippen LogP contribution is 2.18. The van der Waals surface area contributed by atoms with Crippen LogP contribution in [0.2, 0.25) is 0 Å². The molecule has 0 fully saturated rings. The molecule has 6 heteroatoms. The molecule has 0 amide bonds. The number of aryl methyl sites for hydroxylation is 1. The zero-order valence-electron chi connectivity index (χ0n) is 14.4. The average Bonchev–Trinajstić information content (AvgIpc) is 2.59. The first kappa shape index (κ1) is 19.9. The van der Waals surface area contributed by atoms with Crippen molar-refractivity contribution in [2.24, 2.45) is 0 Å². The van der Waals surface area contributed by atoms with Crippen LogP contribution in [0.3, 0.4) is 0 Å². The summed E-state index contributed by atoms with van der Waals surface area (Å²) in [7, 11) is -3.40. The van der Waals surface area contributed by atoms with Crippen molar-refractivity contribution in [1.82, 2.24) is 9.62 Å². The average molecular weight is 381 g/mol. The number of halogens is 1. The first-order chi connectivity index (χ1) is 11.5. The Morgan fingerprint density at radius 3 is 2.60 bits per heavy atom. The van der Waals surface area contributed by atoms with Crippen LogP contribution in [0.5, 0.6) is 0 Å². The van der Waals surface area contributed by atoms with E-state index in [0.717, 1.165) is 38.0 Å². The number of nitrogens with zero attached hydrogens (tertiary/aromatic N) is 1. The predicted molar refractivity (Wildman–Crippen MR) is 104 cm³/mol. The van der Waals surface area contributed by atoms with Gasteiger partial charge in [-0.2, -0.15) is 0 Å². The molecule has 0 unspecified atom stereocenters. The molecule has 0 radical (unpaired) electrons. The van der Waals surface area contributed by atoms with E-state index in [1.165, 1.54) is 11.1 Å². The summed E-state index contributed by atoms with van der Waals surface area (Å²) in [5.41, 5.74) is 3.78. The van der Waals surface area contributed by atoms with Crippen LogP contribution in [0.4, 0.5) is 0 Å². The van der Waals surface area contributed by atoms with Gasteiger partial charge in [-0.05, 0) is 55.1 Å². The van der Waals surface area contributed by atoms with Crippen molar-refractivity contribution in [3.05, 3.63) is 65.2 Å². The molecule has 1 aliphatic rings. The van der Waals surface area contributed by atoms with Gasteiger partial charge in [-0.1, -0.05) is 36.4 Å². The third kappa shape index (κ3) is 5.28. The molecule has 136 valence electrons. The zero-order chi connectivity index (χ0) is 17.0. The standard InChI is InChI=1S/C19H24N2O2S.ClH/c1-16-6-4-9-19(14-16)24(22,23)20-11-5-12-21-13-10-17-7-2-3-8-18(17)15-21;/h2-4,6-9,14,20H,5,10-13,15H2,1H3;1H. The number of hydrogen-bond acceptors (Lipinski definition) is 3. The Labute approximate surface area is 156 Å². The molecule has 3 rings (SSSR count). The number of rotatable bonds is 6. The van der Waals surface area contributed by atoms with Gasteiger partial charge in [-0.15, -0.1) is 12.4 Å². The van der Waals surface area contributed by atoms with Gasteiger partial charge in [-0.25, -0.2) is 13.1 Å². The number of hydrogen-bond donors (Lipinski definition) is 1. The first-order valence-electron chi connectivity index (χ1n) is 8.40. The highest BCUT2D eigenvalue weighted by atomic mass is 35.5. The van der Waals surface area contributed by atoms with Crippen LogP contribution in [0.15, 0.2) is 53.4 Å². The highest BCUT2D eigenvalue weighted by Gasteiger charge is 2.16. The van der Waals surface area contributed by atoms with Crippen LogP contribution < -0.4 is 4.72 Å². The van der Waals surface area contributed by atoms with Gasteiger partial charge in [0, 0.05) is 19.6 Å². The lowest BCUT2D eigenvalue weighted by atomic mass is 10.00. The zero-order valence-corrected chi connectivity index (χ0v) is 16.1. The Morgan fingerprint density at radius 2 is 1.84 bits per heavy atom. The van der Waals surface area contributed by atoms with Crippen molar-refractivity contribution in [1.29, 1.82) is 0 Å². The van der Waals surface area contributed by atoms with Gasteiger partial charge in [0.25, 0.3) is 0 Å². The van der Waals surface area contributed by atoms with Gasteiger partial charge < -0.3 is 0 Å². The highest BCUT2D eigenvalue weighted by molar-refractivity contribution is 7.89. The van der Waals surface area contributed by atoms with E-state index in [-0.39, 0.29) is 12.4 Å². The summed E-state index contributed by atoms with van der Waals surface area (Å²) in [6.45, 7) is 5.27. The number of fused-ring (bicyclic) bond motifs is 1. The van der Waals surface area contributed by atoms with E-state index in [1.54, 1.807) is 18.2 Å². The fourth-order valence-electron chi connectivity index (χ4n) is 3.12. The van der Waals surface area contributed by atoms with Crippen molar-refractivity contribution in [2.75, 3.05) is 19.6 Å². The summed E-state index contributed by atoms with van der Waals surface area (Å²) in [5.74, 6) is 0. The minimum atomic E-state index is -3.40. The van der Waals surface area contributed by atoms with Crippen molar-refractivity contribution in [3.8, 4) is 0 Å². The topological polar surface area (TPSA) is 49.4 Å². The van der Waals surface area contributed by atoms with Crippen LogP contribution in [-0.2, 0) is 23.0 Å². The van der Waals surface area contributed by atoms with Crippen LogP contribution >= 0.6 is 12.4 Å². The molecule has 0 saturated heterocycles. The Balaban J connectivity index is 0.00000225. The quantitative estimate of drug-likeness (QED) is 0.783. The molecule has 0 aromatic heterocycles. The summed E-state index contributed by atoms with van der Waals surface area (Å²) in [6.07, 6.45) is 1.89. The Kier molecular flexibility index (Phi) is 7.02. The molecule has 1 heterocycles. The largest absolute Gasteiger partial charge is 0.299 e. The Hall–Kier alpha value is -1.40. The maximum absolute atomic E-state index is 12.3. The molecule has 0 saturated carbocycles. The minimum Gasteiger partial charge on any atom is -0.299 e. The lowest BCUT2D eigenvalue weighted by Crippen LogP contribution is -2.33. The molecular formula is C19H25ClN2O2S. The normalized spacial score (nSPS) is 14.6. The van der Waals surface area contributed by atoms with Crippen molar-refractivity contribution in [2.45, 2.75) is 31.2 Å². The smallest absolute Gasteiger partial charge is 0.240 e. The van der Waals surface area contributed by atoms with E-state index < -0.39 is 10.0 Å². The van der Waals surface area contributed by atoms with Gasteiger partial charge >= 0.3 is 0 Å². The van der Waals surface area contributed by atoms with Crippen molar-refractivity contribution in [3.63, 3.8) is 0 Å². The van der Waals surface area contributed by atoms with E-state index >= 15 is 0 Å². The number of benzene rings is 2. The third-order valence-electron chi connectivity index (χ3n) is 4.45. The lowest BCUT2D eigenvalue weighted by Gasteiger charge is -2.28. The summed E-state index contributed by atoms with van der Waals surface area (Å²) in [4.78, 5) is 2.73. The van der Waals surface area contributed by atoms with E-state index in [9.17, 15) is 8.42 Å². The number of sulfonamides is 1. The molecule has 25 heavy (non-hydrogen) atoms. The van der Waals surface area contributed by atoms with Crippen LogP contribution in [-0.4, -0.2) is 33.0 Å². The van der Waals surface area contributed by atoms with Gasteiger partial charge in [0.15, 0.2) is 0 Å². The third-order valence-corrected chi connectivity index (χ3v) is 5.91. The molecule has 2 aromatic rings. The summed E-state index contributed by atoms with van der Waals surface area (Å²) in [6, 6.07) is 15.6. The van der Waals surface area contributed by atoms with Gasteiger partial charge in [-0.3, -0.25) is 4.90 Å². The Bertz CT molecular complexity index is 809. The van der Waals surface area contributed by atoms with Gasteiger partial charge in [0.1, 0.15) is 0 Å². The number of nitrogens with one attached hydrogen (secondary N) is 1. The maximum Gasteiger partial charge on any atom is 0.240 e. The van der Waals surface area contributed by atoms with Crippen molar-refractivity contribution < 1.29 is 8.42 Å². The first-order valence-corrected chi connectivity index (χ1v) is 9.88. The molecule has 1 N–H and O–H groups in total. The second kappa shape index (κ2) is 8.81. The second-order valence-corrected chi connectivity index (χ2v) is 8.13.